The number of thiazole rings is 1. The van der Waals surface area contributed by atoms with Crippen molar-refractivity contribution in [2.45, 2.75) is 13.3 Å². The molecule has 9 heteroatoms. The van der Waals surface area contributed by atoms with Gasteiger partial charge in [0.25, 0.3) is 5.91 Å². The zero-order valence-electron chi connectivity index (χ0n) is 13.4. The highest BCUT2D eigenvalue weighted by atomic mass is 32.2. The zero-order chi connectivity index (χ0) is 17.9. The minimum atomic E-state index is -3.43. The Kier molecular flexibility index (Phi) is 5.21. The Hall–Kier alpha value is -2.44. The van der Waals surface area contributed by atoms with Gasteiger partial charge >= 0.3 is 0 Å². The number of nitrogens with zero attached hydrogens (tertiary/aromatic N) is 3. The van der Waals surface area contributed by atoms with Gasteiger partial charge in [-0.1, -0.05) is 23.5 Å². The van der Waals surface area contributed by atoms with Crippen LogP contribution in [0.3, 0.4) is 0 Å². The number of nitriles is 1. The predicted octanol–water partition coefficient (Wildman–Crippen LogP) is 2.17. The number of anilines is 2. The number of sulfonamides is 1. The molecule has 0 radical (unpaired) electrons. The maximum Gasteiger partial charge on any atom is 0.267 e. The van der Waals surface area contributed by atoms with E-state index in [2.05, 4.69) is 16.4 Å². The van der Waals surface area contributed by atoms with Crippen molar-refractivity contribution in [1.29, 1.82) is 5.26 Å². The average molecular weight is 364 g/mol. The zero-order valence-corrected chi connectivity index (χ0v) is 15.0. The summed E-state index contributed by atoms with van der Waals surface area (Å²) in [5.74, 6) is -0.355. The van der Waals surface area contributed by atoms with E-state index in [1.807, 2.05) is 0 Å². The van der Waals surface area contributed by atoms with Gasteiger partial charge in [0.15, 0.2) is 5.13 Å². The van der Waals surface area contributed by atoms with E-state index in [1.54, 1.807) is 31.2 Å². The van der Waals surface area contributed by atoms with Crippen LogP contribution < -0.4 is 9.62 Å². The van der Waals surface area contributed by atoms with Gasteiger partial charge in [0.2, 0.25) is 10.0 Å². The SMILES string of the molecule is Cc1nc(N(C)S(C)(=O)=O)sc1C(=O)Nc1ccc(CC#N)cc1. The van der Waals surface area contributed by atoms with E-state index < -0.39 is 10.0 Å². The van der Waals surface area contributed by atoms with Gasteiger partial charge in [0.1, 0.15) is 4.88 Å². The summed E-state index contributed by atoms with van der Waals surface area (Å²) in [5.41, 5.74) is 1.91. The lowest BCUT2D eigenvalue weighted by Gasteiger charge is -2.11. The summed E-state index contributed by atoms with van der Waals surface area (Å²) in [6.45, 7) is 1.65. The van der Waals surface area contributed by atoms with Crippen molar-refractivity contribution < 1.29 is 13.2 Å². The second-order valence-corrected chi connectivity index (χ2v) is 8.12. The summed E-state index contributed by atoms with van der Waals surface area (Å²) in [7, 11) is -2.04. The number of amides is 1. The van der Waals surface area contributed by atoms with Crippen molar-refractivity contribution >= 4 is 38.1 Å². The standard InChI is InChI=1S/C15H16N4O3S2/c1-10-13(23-15(17-10)19(2)24(3,21)22)14(20)18-12-6-4-11(5-7-12)8-9-16/h4-7H,8H2,1-3H3,(H,18,20). The molecule has 1 aromatic heterocycles. The lowest BCUT2D eigenvalue weighted by Crippen LogP contribution is -2.24. The van der Waals surface area contributed by atoms with Crippen LogP contribution in [0.1, 0.15) is 20.9 Å². The van der Waals surface area contributed by atoms with Gasteiger partial charge in [-0.2, -0.15) is 5.26 Å². The minimum absolute atomic E-state index is 0.240. The number of nitrogens with one attached hydrogen (secondary N) is 1. The highest BCUT2D eigenvalue weighted by Gasteiger charge is 2.21. The van der Waals surface area contributed by atoms with E-state index in [9.17, 15) is 13.2 Å². The molecular formula is C15H16N4O3S2. The molecule has 1 heterocycles. The first-order valence-electron chi connectivity index (χ1n) is 6.91. The summed E-state index contributed by atoms with van der Waals surface area (Å²) in [6.07, 6.45) is 1.38. The van der Waals surface area contributed by atoms with Crippen LogP contribution >= 0.6 is 11.3 Å². The molecule has 1 aromatic carbocycles. The molecule has 0 aliphatic rings. The number of benzene rings is 1. The number of rotatable bonds is 5. The second kappa shape index (κ2) is 6.98. The number of carbonyl (C=O) groups is 1. The van der Waals surface area contributed by atoms with E-state index in [4.69, 9.17) is 5.26 Å². The van der Waals surface area contributed by atoms with E-state index in [0.29, 0.717) is 22.7 Å². The summed E-state index contributed by atoms with van der Waals surface area (Å²) in [6, 6.07) is 9.01. The Morgan fingerprint density at radius 3 is 2.54 bits per heavy atom. The summed E-state index contributed by atoms with van der Waals surface area (Å²) >= 11 is 1.01. The van der Waals surface area contributed by atoms with Gasteiger partial charge in [0, 0.05) is 12.7 Å². The molecule has 0 bridgehead atoms. The van der Waals surface area contributed by atoms with Gasteiger partial charge < -0.3 is 5.32 Å². The molecule has 0 saturated heterocycles. The Balaban J connectivity index is 2.18. The molecule has 2 aromatic rings. The maximum absolute atomic E-state index is 12.4. The smallest absolute Gasteiger partial charge is 0.267 e. The van der Waals surface area contributed by atoms with E-state index in [-0.39, 0.29) is 11.0 Å². The topological polar surface area (TPSA) is 103 Å². The molecule has 0 aliphatic carbocycles. The molecule has 0 spiro atoms. The van der Waals surface area contributed by atoms with E-state index >= 15 is 0 Å². The fraction of sp³-hybridized carbons (Fsp3) is 0.267. The highest BCUT2D eigenvalue weighted by Crippen LogP contribution is 2.27. The van der Waals surface area contributed by atoms with Crippen LogP contribution in [0.15, 0.2) is 24.3 Å². The number of carbonyl (C=O) groups excluding carboxylic acids is 1. The molecule has 0 saturated carbocycles. The molecule has 0 aliphatic heterocycles. The van der Waals surface area contributed by atoms with Crippen molar-refractivity contribution in [3.63, 3.8) is 0 Å². The quantitative estimate of drug-likeness (QED) is 0.876. The minimum Gasteiger partial charge on any atom is -0.321 e. The Labute approximate surface area is 144 Å². The van der Waals surface area contributed by atoms with Gasteiger partial charge in [0.05, 0.1) is 24.4 Å². The third kappa shape index (κ3) is 4.10. The van der Waals surface area contributed by atoms with Crippen LogP contribution in [-0.2, 0) is 16.4 Å². The fourth-order valence-corrected chi connectivity index (χ4v) is 3.53. The Morgan fingerprint density at radius 1 is 1.38 bits per heavy atom. The van der Waals surface area contributed by atoms with Crippen molar-refractivity contribution in [2.24, 2.45) is 0 Å². The van der Waals surface area contributed by atoms with Crippen molar-refractivity contribution in [3.05, 3.63) is 40.4 Å². The van der Waals surface area contributed by atoms with Crippen LogP contribution in [0.25, 0.3) is 0 Å². The lowest BCUT2D eigenvalue weighted by atomic mass is 10.1. The Morgan fingerprint density at radius 2 is 2.00 bits per heavy atom. The monoisotopic (exact) mass is 364 g/mol. The molecule has 0 fully saturated rings. The summed E-state index contributed by atoms with van der Waals surface area (Å²) < 4.78 is 24.2. The molecule has 24 heavy (non-hydrogen) atoms. The fourth-order valence-electron chi connectivity index (χ4n) is 1.85. The Bertz CT molecular complexity index is 896. The third-order valence-electron chi connectivity index (χ3n) is 3.25. The second-order valence-electron chi connectivity index (χ2n) is 5.13. The first kappa shape index (κ1) is 17.9. The largest absolute Gasteiger partial charge is 0.321 e. The van der Waals surface area contributed by atoms with Gasteiger partial charge in [-0.3, -0.25) is 4.79 Å². The molecule has 126 valence electrons. The average Bonchev–Trinajstić information content (AvgIpc) is 2.89. The van der Waals surface area contributed by atoms with Crippen molar-refractivity contribution in [2.75, 3.05) is 22.9 Å². The first-order chi connectivity index (χ1) is 11.2. The number of hydrogen-bond acceptors (Lipinski definition) is 6. The molecule has 7 nitrogen and oxygen atoms in total. The highest BCUT2D eigenvalue weighted by molar-refractivity contribution is 7.92. The van der Waals surface area contributed by atoms with Gasteiger partial charge in [-0.25, -0.2) is 17.7 Å². The first-order valence-corrected chi connectivity index (χ1v) is 9.57. The molecule has 1 N–H and O–H groups in total. The summed E-state index contributed by atoms with van der Waals surface area (Å²) in [5, 5.41) is 11.6. The molecule has 0 atom stereocenters. The lowest BCUT2D eigenvalue weighted by molar-refractivity contribution is 0.103. The van der Waals surface area contributed by atoms with Crippen LogP contribution in [0.5, 0.6) is 0 Å². The van der Waals surface area contributed by atoms with Gasteiger partial charge in [-0.05, 0) is 24.6 Å². The van der Waals surface area contributed by atoms with E-state index in [1.165, 1.54) is 7.05 Å². The van der Waals surface area contributed by atoms with Crippen LogP contribution in [0.2, 0.25) is 0 Å². The molecule has 1 amide bonds. The predicted molar refractivity (Wildman–Crippen MR) is 93.8 cm³/mol. The van der Waals surface area contributed by atoms with Crippen LogP contribution in [0, 0.1) is 18.3 Å². The molecular weight excluding hydrogens is 348 g/mol. The van der Waals surface area contributed by atoms with E-state index in [0.717, 1.165) is 27.5 Å². The van der Waals surface area contributed by atoms with Crippen molar-refractivity contribution in [3.8, 4) is 6.07 Å². The summed E-state index contributed by atoms with van der Waals surface area (Å²) in [4.78, 5) is 16.9. The van der Waals surface area contributed by atoms with Crippen LogP contribution in [-0.4, -0.2) is 32.6 Å². The number of hydrogen-bond donors (Lipinski definition) is 1. The normalized spacial score (nSPS) is 10.9. The molecule has 2 rings (SSSR count). The number of aromatic nitrogens is 1. The molecule has 0 unspecified atom stereocenters. The number of aryl methyl sites for hydroxylation is 1. The third-order valence-corrected chi connectivity index (χ3v) is 5.77. The van der Waals surface area contributed by atoms with Gasteiger partial charge in [-0.15, -0.1) is 0 Å². The van der Waals surface area contributed by atoms with Crippen molar-refractivity contribution in [1.82, 2.24) is 4.98 Å². The van der Waals surface area contributed by atoms with Crippen LogP contribution in [0.4, 0.5) is 10.8 Å². The maximum atomic E-state index is 12.4.